The van der Waals surface area contributed by atoms with E-state index in [1.807, 2.05) is 0 Å². The molecule has 1 rings (SSSR count). The topological polar surface area (TPSA) is 102 Å². The molecule has 6 nitrogen and oxygen atoms in total. The van der Waals surface area contributed by atoms with Crippen LogP contribution in [0.2, 0.25) is 0 Å². The van der Waals surface area contributed by atoms with Gasteiger partial charge in [0.25, 0.3) is 0 Å². The first-order valence-corrected chi connectivity index (χ1v) is 6.23. The van der Waals surface area contributed by atoms with Crippen LogP contribution in [-0.4, -0.2) is 28.6 Å². The fourth-order valence-electron chi connectivity index (χ4n) is 1.48. The first-order valence-electron chi connectivity index (χ1n) is 6.23. The van der Waals surface area contributed by atoms with Gasteiger partial charge in [0.15, 0.2) is 5.78 Å². The highest BCUT2D eigenvalue weighted by Crippen LogP contribution is 2.23. The number of hydrogen-bond acceptors (Lipinski definition) is 5. The van der Waals surface area contributed by atoms with Gasteiger partial charge in [-0.3, -0.25) is 10.1 Å². The molecule has 0 saturated heterocycles. The van der Waals surface area contributed by atoms with Crippen molar-refractivity contribution in [1.29, 1.82) is 0 Å². The van der Waals surface area contributed by atoms with Crippen LogP contribution in [0.15, 0.2) is 18.2 Å². The van der Waals surface area contributed by atoms with Gasteiger partial charge in [-0.05, 0) is 45.9 Å². The lowest BCUT2D eigenvalue weighted by atomic mass is 10.0. The van der Waals surface area contributed by atoms with Gasteiger partial charge in [0.05, 0.1) is 11.6 Å². The van der Waals surface area contributed by atoms with Gasteiger partial charge in [-0.2, -0.15) is 0 Å². The Hall–Kier alpha value is -2.08. The van der Waals surface area contributed by atoms with Gasteiger partial charge in [-0.15, -0.1) is 0 Å². The molecule has 0 aliphatic heterocycles. The van der Waals surface area contributed by atoms with Crippen molar-refractivity contribution in [3.8, 4) is 5.75 Å². The predicted molar refractivity (Wildman–Crippen MR) is 75.9 cm³/mol. The van der Waals surface area contributed by atoms with E-state index in [0.717, 1.165) is 0 Å². The van der Waals surface area contributed by atoms with Gasteiger partial charge in [0.2, 0.25) is 0 Å². The van der Waals surface area contributed by atoms with E-state index in [9.17, 15) is 14.7 Å². The third-order valence-electron chi connectivity index (χ3n) is 2.32. The van der Waals surface area contributed by atoms with Crippen LogP contribution < -0.4 is 11.1 Å². The number of ether oxygens (including phenoxy) is 1. The molecule has 1 amide bonds. The minimum absolute atomic E-state index is 0.0635. The van der Waals surface area contributed by atoms with Crippen molar-refractivity contribution in [3.63, 3.8) is 0 Å². The standard InChI is InChI=1S/C14H20N2O4/c1-8(15)12(18)10-7-9(5-6-11(10)17)16-13(19)20-14(2,3)4/h5-8,17H,15H2,1-4H3,(H,16,19). The van der Waals surface area contributed by atoms with Gasteiger partial charge in [0, 0.05) is 5.69 Å². The molecule has 0 spiro atoms. The summed E-state index contributed by atoms with van der Waals surface area (Å²) in [6.45, 7) is 6.76. The lowest BCUT2D eigenvalue weighted by molar-refractivity contribution is 0.0635. The third-order valence-corrected chi connectivity index (χ3v) is 2.32. The maximum absolute atomic E-state index is 11.8. The summed E-state index contributed by atoms with van der Waals surface area (Å²) in [6, 6.07) is 3.42. The monoisotopic (exact) mass is 280 g/mol. The van der Waals surface area contributed by atoms with Crippen molar-refractivity contribution >= 4 is 17.6 Å². The summed E-state index contributed by atoms with van der Waals surface area (Å²) >= 11 is 0. The Kier molecular flexibility index (Phi) is 4.73. The molecule has 0 fully saturated rings. The second-order valence-corrected chi connectivity index (χ2v) is 5.51. The van der Waals surface area contributed by atoms with Gasteiger partial charge >= 0.3 is 6.09 Å². The summed E-state index contributed by atoms with van der Waals surface area (Å²) in [7, 11) is 0. The summed E-state index contributed by atoms with van der Waals surface area (Å²) in [6.07, 6.45) is -0.637. The van der Waals surface area contributed by atoms with E-state index in [1.165, 1.54) is 25.1 Å². The quantitative estimate of drug-likeness (QED) is 0.582. The number of rotatable bonds is 3. The molecule has 0 saturated carbocycles. The highest BCUT2D eigenvalue weighted by Gasteiger charge is 2.19. The fourth-order valence-corrected chi connectivity index (χ4v) is 1.48. The number of amides is 1. The van der Waals surface area contributed by atoms with Crippen molar-refractivity contribution in [3.05, 3.63) is 23.8 Å². The second kappa shape index (κ2) is 5.92. The number of ketones is 1. The molecule has 0 aliphatic carbocycles. The number of hydrogen-bond donors (Lipinski definition) is 3. The summed E-state index contributed by atoms with van der Waals surface area (Å²) in [5.41, 5.74) is 5.29. The van der Waals surface area contributed by atoms with Crippen LogP contribution in [0.1, 0.15) is 38.1 Å². The Balaban J connectivity index is 2.91. The molecule has 0 heterocycles. The maximum atomic E-state index is 11.8. The van der Waals surface area contributed by atoms with E-state index in [1.54, 1.807) is 20.8 Å². The number of aromatic hydroxyl groups is 1. The number of carbonyl (C=O) groups is 2. The maximum Gasteiger partial charge on any atom is 0.412 e. The number of phenols is 1. The van der Waals surface area contributed by atoms with E-state index in [4.69, 9.17) is 10.5 Å². The molecule has 6 heteroatoms. The van der Waals surface area contributed by atoms with Gasteiger partial charge in [0.1, 0.15) is 11.4 Å². The Morgan fingerprint density at radius 3 is 2.45 bits per heavy atom. The summed E-state index contributed by atoms with van der Waals surface area (Å²) in [5.74, 6) is -0.586. The van der Waals surface area contributed by atoms with Crippen LogP contribution in [0, 0.1) is 0 Å². The molecule has 1 aromatic carbocycles. The zero-order chi connectivity index (χ0) is 15.5. The summed E-state index contributed by atoms with van der Waals surface area (Å²) < 4.78 is 5.10. The average molecular weight is 280 g/mol. The van der Waals surface area contributed by atoms with E-state index < -0.39 is 23.5 Å². The average Bonchev–Trinajstić information content (AvgIpc) is 2.28. The van der Waals surface area contributed by atoms with E-state index >= 15 is 0 Å². The van der Waals surface area contributed by atoms with Crippen molar-refractivity contribution < 1.29 is 19.4 Å². The van der Waals surface area contributed by atoms with Gasteiger partial charge in [-0.25, -0.2) is 4.79 Å². The molecule has 4 N–H and O–H groups in total. The molecule has 0 radical (unpaired) electrons. The fraction of sp³-hybridized carbons (Fsp3) is 0.429. The van der Waals surface area contributed by atoms with Crippen LogP contribution in [0.5, 0.6) is 5.75 Å². The number of carbonyl (C=O) groups excluding carboxylic acids is 2. The van der Waals surface area contributed by atoms with Crippen molar-refractivity contribution in [1.82, 2.24) is 0 Å². The normalized spacial score (nSPS) is 12.7. The predicted octanol–water partition coefficient (Wildman–Crippen LogP) is 2.27. The first-order chi connectivity index (χ1) is 9.10. The third kappa shape index (κ3) is 4.55. The summed E-state index contributed by atoms with van der Waals surface area (Å²) in [5, 5.41) is 12.1. The SMILES string of the molecule is CC(N)C(=O)c1cc(NC(=O)OC(C)(C)C)ccc1O. The Morgan fingerprint density at radius 2 is 1.95 bits per heavy atom. The number of nitrogens with two attached hydrogens (primary N) is 1. The van der Waals surface area contributed by atoms with E-state index in [2.05, 4.69) is 5.32 Å². The van der Waals surface area contributed by atoms with Crippen LogP contribution in [0.4, 0.5) is 10.5 Å². The molecule has 0 aliphatic rings. The zero-order valence-corrected chi connectivity index (χ0v) is 12.1. The molecule has 0 bridgehead atoms. The lowest BCUT2D eigenvalue weighted by Crippen LogP contribution is -2.28. The Labute approximate surface area is 117 Å². The lowest BCUT2D eigenvalue weighted by Gasteiger charge is -2.20. The van der Waals surface area contributed by atoms with Crippen LogP contribution in [-0.2, 0) is 4.74 Å². The zero-order valence-electron chi connectivity index (χ0n) is 12.1. The summed E-state index contributed by atoms with van der Waals surface area (Å²) in [4.78, 5) is 23.4. The highest BCUT2D eigenvalue weighted by atomic mass is 16.6. The number of nitrogens with one attached hydrogen (secondary N) is 1. The minimum atomic E-state index is -0.738. The van der Waals surface area contributed by atoms with Gasteiger partial charge < -0.3 is 15.6 Å². The molecule has 1 unspecified atom stereocenters. The highest BCUT2D eigenvalue weighted by molar-refractivity contribution is 6.03. The Morgan fingerprint density at radius 1 is 1.35 bits per heavy atom. The van der Waals surface area contributed by atoms with Crippen molar-refractivity contribution in [2.24, 2.45) is 5.73 Å². The molecular weight excluding hydrogens is 260 g/mol. The number of benzene rings is 1. The largest absolute Gasteiger partial charge is 0.507 e. The van der Waals surface area contributed by atoms with E-state index in [-0.39, 0.29) is 11.3 Å². The van der Waals surface area contributed by atoms with Crippen molar-refractivity contribution in [2.75, 3.05) is 5.32 Å². The first kappa shape index (κ1) is 16.0. The molecule has 0 aromatic heterocycles. The van der Waals surface area contributed by atoms with Crippen molar-refractivity contribution in [2.45, 2.75) is 39.3 Å². The molecular formula is C14H20N2O4. The number of phenolic OH excluding ortho intramolecular Hbond substituents is 1. The van der Waals surface area contributed by atoms with Crippen LogP contribution in [0.25, 0.3) is 0 Å². The Bertz CT molecular complexity index is 518. The molecule has 110 valence electrons. The number of anilines is 1. The molecule has 1 atom stereocenters. The van der Waals surface area contributed by atoms with E-state index in [0.29, 0.717) is 5.69 Å². The molecule has 1 aromatic rings. The van der Waals surface area contributed by atoms with Gasteiger partial charge in [-0.1, -0.05) is 0 Å². The van der Waals surface area contributed by atoms with Crippen LogP contribution >= 0.6 is 0 Å². The van der Waals surface area contributed by atoms with Crippen LogP contribution in [0.3, 0.4) is 0 Å². The smallest absolute Gasteiger partial charge is 0.412 e. The second-order valence-electron chi connectivity index (χ2n) is 5.51. The minimum Gasteiger partial charge on any atom is -0.507 e. The molecule has 20 heavy (non-hydrogen) atoms. The number of Topliss-reactive ketones (excluding diaryl/α,β-unsaturated/α-hetero) is 1.